The molecule has 0 aliphatic carbocycles. The molecule has 1 heterocycles. The standard InChI is InChI=1S/C20H37BN2O3Si/c1-17(18-8-7-9-19(16-18)21(24)25)23-12-10-22(11-13-23)14-15-26-27(5,6)20(2,3)4/h7-9,16-17,24-25H,10-15H2,1-6H3. The SMILES string of the molecule is CC(c1cccc(B(O)O)c1)N1CCN(CCO[Si](C)(C)C(C)(C)C)CC1. The van der Waals surface area contributed by atoms with E-state index < -0.39 is 15.4 Å². The van der Waals surface area contributed by atoms with Crippen LogP contribution >= 0.6 is 0 Å². The maximum absolute atomic E-state index is 9.39. The maximum Gasteiger partial charge on any atom is 0.488 e. The zero-order valence-electron chi connectivity index (χ0n) is 17.9. The van der Waals surface area contributed by atoms with Gasteiger partial charge < -0.3 is 14.5 Å². The van der Waals surface area contributed by atoms with Crippen molar-refractivity contribution in [3.8, 4) is 0 Å². The Bertz CT molecular complexity index is 599. The molecule has 1 atom stereocenters. The highest BCUT2D eigenvalue weighted by atomic mass is 28.4. The van der Waals surface area contributed by atoms with Crippen LogP contribution < -0.4 is 5.46 Å². The van der Waals surface area contributed by atoms with Gasteiger partial charge in [0.15, 0.2) is 8.32 Å². The smallest absolute Gasteiger partial charge is 0.423 e. The Morgan fingerprint density at radius 1 is 1.15 bits per heavy atom. The first kappa shape index (κ1) is 22.6. The Labute approximate surface area is 166 Å². The third-order valence-electron chi connectivity index (χ3n) is 6.32. The number of rotatable bonds is 7. The number of nitrogens with zero attached hydrogens (tertiary/aromatic N) is 2. The molecule has 152 valence electrons. The second-order valence-corrected chi connectivity index (χ2v) is 14.0. The Morgan fingerprint density at radius 3 is 2.33 bits per heavy atom. The van der Waals surface area contributed by atoms with Crippen molar-refractivity contribution in [3.05, 3.63) is 29.8 Å². The predicted molar refractivity (Wildman–Crippen MR) is 116 cm³/mol. The van der Waals surface area contributed by atoms with Crippen LogP contribution in [0.25, 0.3) is 0 Å². The normalized spacial score (nSPS) is 18.5. The fourth-order valence-corrected chi connectivity index (χ4v) is 4.25. The minimum absolute atomic E-state index is 0.262. The fraction of sp³-hybridized carbons (Fsp3) is 0.700. The van der Waals surface area contributed by atoms with Gasteiger partial charge in [0, 0.05) is 45.4 Å². The first-order valence-corrected chi connectivity index (χ1v) is 13.0. The van der Waals surface area contributed by atoms with E-state index in [0.717, 1.165) is 44.9 Å². The van der Waals surface area contributed by atoms with Crippen LogP contribution in [0.2, 0.25) is 18.1 Å². The van der Waals surface area contributed by atoms with E-state index in [2.05, 4.69) is 56.7 Å². The Kier molecular flexibility index (Phi) is 7.70. The molecule has 0 saturated carbocycles. The van der Waals surface area contributed by atoms with Crippen molar-refractivity contribution >= 4 is 20.9 Å². The molecule has 2 rings (SSSR count). The topological polar surface area (TPSA) is 56.2 Å². The summed E-state index contributed by atoms with van der Waals surface area (Å²) in [7, 11) is -3.07. The van der Waals surface area contributed by atoms with Crippen LogP contribution in [0.15, 0.2) is 24.3 Å². The lowest BCUT2D eigenvalue weighted by Crippen LogP contribution is -2.49. The molecule has 2 N–H and O–H groups in total. The first-order valence-electron chi connectivity index (χ1n) is 10.1. The van der Waals surface area contributed by atoms with Gasteiger partial charge in [-0.05, 0) is 36.1 Å². The fourth-order valence-electron chi connectivity index (χ4n) is 3.21. The molecule has 0 amide bonds. The van der Waals surface area contributed by atoms with Gasteiger partial charge in [-0.15, -0.1) is 0 Å². The first-order chi connectivity index (χ1) is 12.5. The predicted octanol–water partition coefficient (Wildman–Crippen LogP) is 2.07. The number of benzene rings is 1. The molecule has 1 aliphatic heterocycles. The summed E-state index contributed by atoms with van der Waals surface area (Å²) in [5.41, 5.74) is 1.69. The molecule has 7 heteroatoms. The quantitative estimate of drug-likeness (QED) is 0.696. The molecular formula is C20H37BN2O3Si. The monoisotopic (exact) mass is 392 g/mol. The van der Waals surface area contributed by atoms with Crippen molar-refractivity contribution in [2.75, 3.05) is 39.3 Å². The highest BCUT2D eigenvalue weighted by Gasteiger charge is 2.37. The zero-order chi connectivity index (χ0) is 20.2. The van der Waals surface area contributed by atoms with E-state index in [4.69, 9.17) is 4.43 Å². The summed E-state index contributed by atoms with van der Waals surface area (Å²) in [6.07, 6.45) is 0. The van der Waals surface area contributed by atoms with E-state index in [9.17, 15) is 10.0 Å². The van der Waals surface area contributed by atoms with Gasteiger partial charge in [-0.2, -0.15) is 0 Å². The van der Waals surface area contributed by atoms with Crippen LogP contribution in [0.5, 0.6) is 0 Å². The summed E-state index contributed by atoms with van der Waals surface area (Å²) in [4.78, 5) is 4.96. The highest BCUT2D eigenvalue weighted by Crippen LogP contribution is 2.36. The molecule has 0 radical (unpaired) electrons. The largest absolute Gasteiger partial charge is 0.488 e. The molecule has 1 unspecified atom stereocenters. The van der Waals surface area contributed by atoms with Crippen LogP contribution in [0.4, 0.5) is 0 Å². The van der Waals surface area contributed by atoms with Gasteiger partial charge in [0.25, 0.3) is 0 Å². The summed E-state index contributed by atoms with van der Waals surface area (Å²) in [6, 6.07) is 7.88. The number of piperazine rings is 1. The van der Waals surface area contributed by atoms with Gasteiger partial charge in [0.2, 0.25) is 0 Å². The second-order valence-electron chi connectivity index (χ2n) is 9.21. The third kappa shape index (κ3) is 6.14. The molecule has 1 aliphatic rings. The Hall–Kier alpha value is -0.698. The summed E-state index contributed by atoms with van der Waals surface area (Å²) in [6.45, 7) is 19.6. The van der Waals surface area contributed by atoms with Gasteiger partial charge in [-0.3, -0.25) is 9.80 Å². The van der Waals surface area contributed by atoms with E-state index >= 15 is 0 Å². The van der Waals surface area contributed by atoms with Crippen molar-refractivity contribution < 1.29 is 14.5 Å². The van der Waals surface area contributed by atoms with Gasteiger partial charge in [0.1, 0.15) is 0 Å². The third-order valence-corrected chi connectivity index (χ3v) is 10.9. The Morgan fingerprint density at radius 2 is 1.78 bits per heavy atom. The lowest BCUT2D eigenvalue weighted by atomic mass is 9.79. The summed E-state index contributed by atoms with van der Waals surface area (Å²) < 4.78 is 6.31. The van der Waals surface area contributed by atoms with Crippen LogP contribution in [0.3, 0.4) is 0 Å². The Balaban J connectivity index is 1.80. The molecule has 1 saturated heterocycles. The molecule has 5 nitrogen and oxygen atoms in total. The average molecular weight is 392 g/mol. The molecule has 1 aromatic carbocycles. The average Bonchev–Trinajstić information content (AvgIpc) is 2.60. The number of hydrogen-bond acceptors (Lipinski definition) is 5. The van der Waals surface area contributed by atoms with E-state index in [1.54, 1.807) is 6.07 Å². The second kappa shape index (κ2) is 9.20. The minimum Gasteiger partial charge on any atom is -0.423 e. The van der Waals surface area contributed by atoms with Crippen molar-refractivity contribution in [3.63, 3.8) is 0 Å². The van der Waals surface area contributed by atoms with Crippen molar-refractivity contribution in [1.82, 2.24) is 9.80 Å². The lowest BCUT2D eigenvalue weighted by molar-refractivity contribution is 0.0900. The summed E-state index contributed by atoms with van der Waals surface area (Å²) in [5, 5.41) is 19.0. The van der Waals surface area contributed by atoms with Crippen molar-refractivity contribution in [2.45, 2.75) is 51.9 Å². The summed E-state index contributed by atoms with van der Waals surface area (Å²) >= 11 is 0. The van der Waals surface area contributed by atoms with E-state index in [0.29, 0.717) is 5.46 Å². The van der Waals surface area contributed by atoms with E-state index in [1.165, 1.54) is 0 Å². The van der Waals surface area contributed by atoms with Gasteiger partial charge in [-0.25, -0.2) is 0 Å². The molecule has 0 aromatic heterocycles. The maximum atomic E-state index is 9.39. The van der Waals surface area contributed by atoms with Crippen molar-refractivity contribution in [2.24, 2.45) is 0 Å². The van der Waals surface area contributed by atoms with Gasteiger partial charge in [-0.1, -0.05) is 45.0 Å². The van der Waals surface area contributed by atoms with E-state index in [-0.39, 0.29) is 11.1 Å². The molecular weight excluding hydrogens is 355 g/mol. The molecule has 0 spiro atoms. The molecule has 1 fully saturated rings. The van der Waals surface area contributed by atoms with Gasteiger partial charge >= 0.3 is 7.12 Å². The van der Waals surface area contributed by atoms with Crippen LogP contribution in [0, 0.1) is 0 Å². The zero-order valence-corrected chi connectivity index (χ0v) is 18.9. The van der Waals surface area contributed by atoms with E-state index in [1.807, 2.05) is 12.1 Å². The molecule has 27 heavy (non-hydrogen) atoms. The van der Waals surface area contributed by atoms with Gasteiger partial charge in [0.05, 0.1) is 0 Å². The van der Waals surface area contributed by atoms with Crippen LogP contribution in [-0.4, -0.2) is 74.6 Å². The lowest BCUT2D eigenvalue weighted by Gasteiger charge is -2.40. The summed E-state index contributed by atoms with van der Waals surface area (Å²) in [5.74, 6) is 0. The number of hydrogen-bond donors (Lipinski definition) is 2. The van der Waals surface area contributed by atoms with Crippen LogP contribution in [0.1, 0.15) is 39.3 Å². The highest BCUT2D eigenvalue weighted by molar-refractivity contribution is 6.74. The van der Waals surface area contributed by atoms with Crippen molar-refractivity contribution in [1.29, 1.82) is 0 Å². The van der Waals surface area contributed by atoms with Crippen LogP contribution in [-0.2, 0) is 4.43 Å². The molecule has 1 aromatic rings. The minimum atomic E-state index is -1.66. The molecule has 0 bridgehead atoms.